The molecule has 0 radical (unpaired) electrons. The fourth-order valence-electron chi connectivity index (χ4n) is 4.06. The van der Waals surface area contributed by atoms with Crippen LogP contribution in [0, 0.1) is 13.8 Å². The van der Waals surface area contributed by atoms with Crippen LogP contribution in [-0.2, 0) is 6.42 Å². The molecule has 0 amide bonds. The molecule has 0 fully saturated rings. The first-order chi connectivity index (χ1) is 16.0. The number of aryl methyl sites for hydroxylation is 1. The predicted octanol–water partition coefficient (Wildman–Crippen LogP) is 5.67. The maximum Gasteiger partial charge on any atom is 0.339 e. The van der Waals surface area contributed by atoms with E-state index in [0.717, 1.165) is 24.3 Å². The van der Waals surface area contributed by atoms with Crippen molar-refractivity contribution in [2.75, 3.05) is 18.5 Å². The van der Waals surface area contributed by atoms with Gasteiger partial charge in [0.25, 0.3) is 0 Å². The molecule has 1 aromatic heterocycles. The second-order valence-electron chi connectivity index (χ2n) is 7.93. The molecular weight excluding hydrogens is 414 g/mol. The van der Waals surface area contributed by atoms with Crippen molar-refractivity contribution in [3.63, 3.8) is 0 Å². The second-order valence-corrected chi connectivity index (χ2v) is 7.93. The highest BCUT2D eigenvalue weighted by molar-refractivity contribution is 5.92. The van der Waals surface area contributed by atoms with E-state index in [1.807, 2.05) is 13.0 Å². The number of anilines is 1. The molecule has 0 aliphatic rings. The van der Waals surface area contributed by atoms with E-state index in [-0.39, 0.29) is 5.56 Å². The summed E-state index contributed by atoms with van der Waals surface area (Å²) in [5, 5.41) is 15.3. The van der Waals surface area contributed by atoms with Gasteiger partial charge in [0, 0.05) is 18.2 Å². The van der Waals surface area contributed by atoms with Gasteiger partial charge in [-0.3, -0.25) is 0 Å². The molecule has 4 aromatic rings. The number of fused-ring (bicyclic) bond motifs is 1. The summed E-state index contributed by atoms with van der Waals surface area (Å²) in [5.74, 6) is 0.0290. The zero-order chi connectivity index (χ0) is 23.4. The Morgan fingerprint density at radius 3 is 2.67 bits per heavy atom. The number of ether oxygens (including phenoxy) is 1. The quantitative estimate of drug-likeness (QED) is 0.367. The van der Waals surface area contributed by atoms with Crippen molar-refractivity contribution in [1.82, 2.24) is 9.97 Å². The minimum atomic E-state index is -1.02. The van der Waals surface area contributed by atoms with Crippen molar-refractivity contribution >= 4 is 22.6 Å². The lowest BCUT2D eigenvalue weighted by Crippen LogP contribution is -2.08. The molecule has 168 valence electrons. The van der Waals surface area contributed by atoms with Crippen LogP contribution in [0.3, 0.4) is 0 Å². The molecule has 6 nitrogen and oxygen atoms in total. The smallest absolute Gasteiger partial charge is 0.339 e. The molecule has 0 bridgehead atoms. The molecule has 3 aromatic carbocycles. The first-order valence-corrected chi connectivity index (χ1v) is 11.0. The van der Waals surface area contributed by atoms with Crippen molar-refractivity contribution in [2.24, 2.45) is 0 Å². The average Bonchev–Trinajstić information content (AvgIpc) is 2.82. The molecule has 0 spiro atoms. The summed E-state index contributed by atoms with van der Waals surface area (Å²) in [5.41, 5.74) is 5.56. The highest BCUT2D eigenvalue weighted by atomic mass is 16.5. The lowest BCUT2D eigenvalue weighted by atomic mass is 9.93. The fraction of sp³-hybridized carbons (Fsp3) is 0.222. The summed E-state index contributed by atoms with van der Waals surface area (Å²) in [6.07, 6.45) is 2.38. The van der Waals surface area contributed by atoms with E-state index in [0.29, 0.717) is 18.1 Å². The van der Waals surface area contributed by atoms with Crippen LogP contribution in [0.2, 0.25) is 0 Å². The molecule has 0 saturated heterocycles. The van der Waals surface area contributed by atoms with E-state index >= 15 is 0 Å². The van der Waals surface area contributed by atoms with Crippen LogP contribution >= 0.6 is 0 Å². The van der Waals surface area contributed by atoms with Crippen LogP contribution < -0.4 is 10.1 Å². The zero-order valence-electron chi connectivity index (χ0n) is 19.1. The van der Waals surface area contributed by atoms with Crippen LogP contribution in [0.1, 0.15) is 34.0 Å². The van der Waals surface area contributed by atoms with Gasteiger partial charge in [-0.25, -0.2) is 14.8 Å². The Labute approximate surface area is 193 Å². The Kier molecular flexibility index (Phi) is 6.54. The average molecular weight is 442 g/mol. The number of carboxylic acid groups (broad SMARTS) is 1. The number of nitrogens with one attached hydrogen (secondary N) is 1. The van der Waals surface area contributed by atoms with E-state index in [9.17, 15) is 9.90 Å². The van der Waals surface area contributed by atoms with Crippen molar-refractivity contribution in [2.45, 2.75) is 27.2 Å². The van der Waals surface area contributed by atoms with Crippen LogP contribution in [0.15, 0.2) is 60.9 Å². The van der Waals surface area contributed by atoms with Gasteiger partial charge in [-0.05, 0) is 66.8 Å². The maximum atomic E-state index is 11.4. The fourth-order valence-corrected chi connectivity index (χ4v) is 4.06. The van der Waals surface area contributed by atoms with E-state index in [1.54, 1.807) is 18.2 Å². The minimum absolute atomic E-state index is 0.133. The van der Waals surface area contributed by atoms with Gasteiger partial charge < -0.3 is 15.2 Å². The van der Waals surface area contributed by atoms with Gasteiger partial charge in [0.2, 0.25) is 0 Å². The summed E-state index contributed by atoms with van der Waals surface area (Å²) in [6, 6.07) is 17.6. The third-order valence-electron chi connectivity index (χ3n) is 5.86. The van der Waals surface area contributed by atoms with Crippen molar-refractivity contribution < 1.29 is 14.6 Å². The number of hydrogen-bond donors (Lipinski definition) is 2. The zero-order valence-corrected chi connectivity index (χ0v) is 19.1. The van der Waals surface area contributed by atoms with Gasteiger partial charge in [-0.15, -0.1) is 0 Å². The summed E-state index contributed by atoms with van der Waals surface area (Å²) in [6.45, 7) is 7.27. The van der Waals surface area contributed by atoms with Crippen LogP contribution in [0.25, 0.3) is 22.0 Å². The number of rotatable bonds is 8. The number of carbonyl (C=O) groups is 1. The Balaban J connectivity index is 1.53. The molecule has 0 unspecified atom stereocenters. The highest BCUT2D eigenvalue weighted by Crippen LogP contribution is 2.28. The number of aromatic carboxylic acids is 1. The lowest BCUT2D eigenvalue weighted by Gasteiger charge is -2.14. The lowest BCUT2D eigenvalue weighted by molar-refractivity contribution is 0.0692. The van der Waals surface area contributed by atoms with Crippen LogP contribution in [-0.4, -0.2) is 34.2 Å². The molecule has 4 rings (SSSR count). The Morgan fingerprint density at radius 2 is 1.88 bits per heavy atom. The van der Waals surface area contributed by atoms with Crippen LogP contribution in [0.4, 0.5) is 5.82 Å². The van der Waals surface area contributed by atoms with E-state index in [4.69, 9.17) is 4.74 Å². The molecule has 0 saturated carbocycles. The first-order valence-electron chi connectivity index (χ1n) is 11.0. The molecule has 0 atom stereocenters. The predicted molar refractivity (Wildman–Crippen MR) is 131 cm³/mol. The summed E-state index contributed by atoms with van der Waals surface area (Å²) < 4.78 is 5.52. The standard InChI is InChI=1S/C27H27N3O3/c1-4-33-25-14-20(9-10-23(25)27(31)32)24-15-26(30-16-29-24)28-12-11-21-18(3)17(2)13-19-7-5-6-8-22(19)21/h5-10,13-16H,4,11-12H2,1-3H3,(H,31,32)(H,28,29,30). The molecule has 33 heavy (non-hydrogen) atoms. The van der Waals surface area contributed by atoms with E-state index in [2.05, 4.69) is 59.5 Å². The third-order valence-corrected chi connectivity index (χ3v) is 5.86. The monoisotopic (exact) mass is 441 g/mol. The van der Waals surface area contributed by atoms with Gasteiger partial charge in [0.05, 0.1) is 12.3 Å². The Bertz CT molecular complexity index is 1320. The summed E-state index contributed by atoms with van der Waals surface area (Å²) >= 11 is 0. The first kappa shape index (κ1) is 22.3. The SMILES string of the molecule is CCOc1cc(-c2cc(NCCc3c(C)c(C)cc4ccccc34)ncn2)ccc1C(=O)O. The topological polar surface area (TPSA) is 84.3 Å². The minimum Gasteiger partial charge on any atom is -0.493 e. The maximum absolute atomic E-state index is 11.4. The number of benzene rings is 3. The van der Waals surface area contributed by atoms with E-state index in [1.165, 1.54) is 33.8 Å². The second kappa shape index (κ2) is 9.69. The van der Waals surface area contributed by atoms with Gasteiger partial charge in [-0.2, -0.15) is 0 Å². The largest absolute Gasteiger partial charge is 0.493 e. The summed E-state index contributed by atoms with van der Waals surface area (Å²) in [4.78, 5) is 20.2. The molecule has 1 heterocycles. The van der Waals surface area contributed by atoms with Gasteiger partial charge in [-0.1, -0.05) is 36.4 Å². The van der Waals surface area contributed by atoms with Gasteiger partial charge >= 0.3 is 5.97 Å². The molecule has 2 N–H and O–H groups in total. The molecular formula is C27H27N3O3. The number of hydrogen-bond acceptors (Lipinski definition) is 5. The van der Waals surface area contributed by atoms with Gasteiger partial charge in [0.15, 0.2) is 0 Å². The number of nitrogens with zero attached hydrogens (tertiary/aromatic N) is 2. The van der Waals surface area contributed by atoms with Crippen molar-refractivity contribution in [1.29, 1.82) is 0 Å². The normalized spacial score (nSPS) is 10.9. The molecule has 0 aliphatic carbocycles. The van der Waals surface area contributed by atoms with E-state index < -0.39 is 5.97 Å². The van der Waals surface area contributed by atoms with Crippen molar-refractivity contribution in [3.8, 4) is 17.0 Å². The van der Waals surface area contributed by atoms with Crippen molar-refractivity contribution in [3.05, 3.63) is 83.2 Å². The number of carboxylic acids is 1. The molecule has 0 aliphatic heterocycles. The van der Waals surface area contributed by atoms with Gasteiger partial charge in [0.1, 0.15) is 23.5 Å². The summed E-state index contributed by atoms with van der Waals surface area (Å²) in [7, 11) is 0. The molecule has 6 heteroatoms. The Morgan fingerprint density at radius 1 is 1.06 bits per heavy atom. The number of aromatic nitrogens is 2. The van der Waals surface area contributed by atoms with Crippen LogP contribution in [0.5, 0.6) is 5.75 Å². The Hall–Kier alpha value is -3.93. The third kappa shape index (κ3) is 4.80. The highest BCUT2D eigenvalue weighted by Gasteiger charge is 2.14.